The van der Waals surface area contributed by atoms with E-state index in [1.165, 1.54) is 83.5 Å². The number of hydrogen-bond donors (Lipinski definition) is 5. The Balaban J connectivity index is 0.000000134. The molecule has 0 radical (unpaired) electrons. The number of carbonyl (C=O) groups excluding carboxylic acids is 4. The smallest absolute Gasteiger partial charge is 0.370 e. The Morgan fingerprint density at radius 3 is 0.873 bits per heavy atom. The van der Waals surface area contributed by atoms with Crippen molar-refractivity contribution >= 4 is 58.0 Å². The zero-order valence-corrected chi connectivity index (χ0v) is 87.8. The van der Waals surface area contributed by atoms with Crippen molar-refractivity contribution in [1.29, 1.82) is 0 Å². The second-order valence-electron chi connectivity index (χ2n) is 39.1. The van der Waals surface area contributed by atoms with Gasteiger partial charge in [-0.3, -0.25) is 19.2 Å². The van der Waals surface area contributed by atoms with Gasteiger partial charge in [-0.1, -0.05) is 341 Å². The largest absolute Gasteiger partial charge is 0.475 e. The van der Waals surface area contributed by atoms with E-state index in [4.69, 9.17) is 47.4 Å². The molecule has 8 aliphatic rings. The highest BCUT2D eigenvalue weighted by atomic mass is 32.1. The maximum Gasteiger partial charge on any atom is 0.370 e. The molecule has 0 unspecified atom stereocenters. The molecule has 3 aliphatic carbocycles. The number of hydrogen-bond acceptors (Lipinski definition) is 16. The van der Waals surface area contributed by atoms with Crippen LogP contribution in [0.5, 0.6) is 0 Å². The van der Waals surface area contributed by atoms with Gasteiger partial charge in [0.1, 0.15) is 0 Å². The fourth-order valence-electron chi connectivity index (χ4n) is 20.0. The summed E-state index contributed by atoms with van der Waals surface area (Å²) in [6.07, 6.45) is 29.8. The van der Waals surface area contributed by atoms with Gasteiger partial charge >= 0.3 is 5.97 Å². The van der Waals surface area contributed by atoms with Crippen LogP contribution in [-0.4, -0.2) is 99.2 Å². The van der Waals surface area contributed by atoms with Crippen LogP contribution in [0, 0.1) is 0 Å². The Bertz CT molecular complexity index is 6550. The minimum Gasteiger partial charge on any atom is -0.475 e. The van der Waals surface area contributed by atoms with E-state index in [1.807, 2.05) is 164 Å². The molecule has 12 aromatic rings. The number of amides is 4. The maximum atomic E-state index is 13.0. The van der Waals surface area contributed by atoms with Gasteiger partial charge in [-0.05, 0) is 235 Å². The lowest BCUT2D eigenvalue weighted by Gasteiger charge is -2.29. The lowest BCUT2D eigenvalue weighted by molar-refractivity contribution is -0.157. The summed E-state index contributed by atoms with van der Waals surface area (Å²) in [5, 5.41) is 25.4. The summed E-state index contributed by atoms with van der Waals surface area (Å²) < 4.78 is 59.2. The second kappa shape index (κ2) is 56.6. The van der Waals surface area contributed by atoms with Gasteiger partial charge in [0.25, 0.3) is 23.6 Å². The summed E-state index contributed by atoms with van der Waals surface area (Å²) in [5.41, 5.74) is 25.1. The average Bonchev–Trinajstić information content (AvgIpc) is 1.63. The van der Waals surface area contributed by atoms with Crippen molar-refractivity contribution < 1.29 is 76.4 Å². The van der Waals surface area contributed by atoms with Crippen LogP contribution in [0.15, 0.2) is 355 Å². The molecule has 0 bridgehead atoms. The van der Waals surface area contributed by atoms with E-state index in [0.717, 1.165) is 156 Å². The monoisotopic (exact) mass is 2040 g/mol. The number of allylic oxidation sites excluding steroid dienone is 5. The first-order chi connectivity index (χ1) is 73.6. The Kier molecular flexibility index (Phi) is 41.0. The molecule has 0 saturated carbocycles. The van der Waals surface area contributed by atoms with Gasteiger partial charge in [-0.25, -0.2) is 4.79 Å². The predicted octanol–water partition coefficient (Wildman–Crippen LogP) is 29.1. The molecule has 5 N–H and O–H groups in total. The third-order valence-electron chi connectivity index (χ3n) is 28.0. The van der Waals surface area contributed by atoms with Crippen LogP contribution < -0.4 is 21.3 Å². The fraction of sp³-hybridized carbons (Fsp3) is 0.341. The number of thiophene rings is 1. The second-order valence-corrected chi connectivity index (χ2v) is 39.9. The molecule has 10 atom stereocenters. The number of carboxylic acids is 1. The third kappa shape index (κ3) is 31.1. The summed E-state index contributed by atoms with van der Waals surface area (Å²) >= 11 is 1.66. The number of nitrogens with one attached hydrogen (secondary N) is 4. The number of benzene rings is 11. The van der Waals surface area contributed by atoms with Crippen LogP contribution in [0.4, 0.5) is 17.1 Å². The molecule has 0 fully saturated rings. The Hall–Kier alpha value is -14.0. The molecule has 4 amide bonds. The number of para-hydroxylation sites is 3. The van der Waals surface area contributed by atoms with Gasteiger partial charge in [-0.2, -0.15) is 11.3 Å². The summed E-state index contributed by atoms with van der Waals surface area (Å²) in [5.74, 6) is -0.353. The van der Waals surface area contributed by atoms with Gasteiger partial charge in [0.05, 0.1) is 33.0 Å². The molecular weight excluding hydrogens is 1890 g/mol. The summed E-state index contributed by atoms with van der Waals surface area (Å²) in [7, 11) is 0. The zero-order valence-electron chi connectivity index (χ0n) is 86.9. The van der Waals surface area contributed by atoms with Crippen LogP contribution in [-0.2, 0) is 97.1 Å². The molecular formula is C129H142N4O16S. The summed E-state index contributed by atoms with van der Waals surface area (Å²) in [6.45, 7) is 14.5. The normalized spacial score (nSPS) is 19.0. The van der Waals surface area contributed by atoms with E-state index < -0.39 is 37.4 Å². The van der Waals surface area contributed by atoms with E-state index in [9.17, 15) is 29.1 Å². The van der Waals surface area contributed by atoms with Crippen molar-refractivity contribution in [2.24, 2.45) is 0 Å². The van der Waals surface area contributed by atoms with Crippen molar-refractivity contribution in [3.8, 4) is 33.4 Å². The molecule has 21 heteroatoms. The van der Waals surface area contributed by atoms with Gasteiger partial charge < -0.3 is 73.7 Å². The molecule has 0 saturated heterocycles. The fourth-order valence-corrected chi connectivity index (χ4v) is 20.7. The Labute approximate surface area is 888 Å². The minimum absolute atomic E-state index is 0.0134. The molecule has 1 aromatic heterocycles. The molecule has 0 spiro atoms. The molecule has 11 aromatic carbocycles. The number of fused-ring (bicyclic) bond motifs is 9. The number of ether oxygens (including phenoxy) is 10. The number of rotatable bonds is 40. The first kappa shape index (κ1) is 109. The van der Waals surface area contributed by atoms with E-state index in [-0.39, 0.29) is 59.0 Å². The molecule has 5 aliphatic heterocycles. The van der Waals surface area contributed by atoms with Gasteiger partial charge in [0.2, 0.25) is 37.2 Å². The molecule has 20 rings (SSSR count). The third-order valence-corrected chi connectivity index (χ3v) is 28.7. The van der Waals surface area contributed by atoms with Gasteiger partial charge in [-0.15, -0.1) is 0 Å². The summed E-state index contributed by atoms with van der Waals surface area (Å²) in [4.78, 5) is 63.0. The van der Waals surface area contributed by atoms with Crippen molar-refractivity contribution in [2.75, 3.05) is 49.0 Å². The van der Waals surface area contributed by atoms with E-state index in [0.29, 0.717) is 88.3 Å². The number of carbonyl (C=O) groups is 5. The first-order valence-electron chi connectivity index (χ1n) is 53.9. The van der Waals surface area contributed by atoms with Crippen molar-refractivity contribution in [1.82, 2.24) is 5.32 Å². The maximum absolute atomic E-state index is 13.0. The molecule has 150 heavy (non-hydrogen) atoms. The summed E-state index contributed by atoms with van der Waals surface area (Å²) in [6, 6.07) is 96.1. The van der Waals surface area contributed by atoms with Crippen molar-refractivity contribution in [3.05, 3.63) is 422 Å². The topological polar surface area (TPSA) is 246 Å². The van der Waals surface area contributed by atoms with Crippen LogP contribution in [0.2, 0.25) is 0 Å². The first-order valence-corrected chi connectivity index (χ1v) is 54.9. The lowest BCUT2D eigenvalue weighted by atomic mass is 9.90. The molecule has 780 valence electrons. The van der Waals surface area contributed by atoms with E-state index >= 15 is 0 Å². The van der Waals surface area contributed by atoms with Gasteiger partial charge in [0.15, 0.2) is 23.0 Å². The van der Waals surface area contributed by atoms with Crippen LogP contribution in [0.1, 0.15) is 259 Å². The number of anilines is 3. The zero-order chi connectivity index (χ0) is 104. The highest BCUT2D eigenvalue weighted by Crippen LogP contribution is 2.46. The Morgan fingerprint density at radius 2 is 0.560 bits per heavy atom. The average molecular weight is 2040 g/mol. The van der Waals surface area contributed by atoms with Gasteiger partial charge in [0, 0.05) is 85.3 Å². The highest BCUT2D eigenvalue weighted by Gasteiger charge is 2.37. The lowest BCUT2D eigenvalue weighted by Crippen LogP contribution is -2.32. The van der Waals surface area contributed by atoms with Crippen molar-refractivity contribution in [2.45, 2.75) is 250 Å². The number of aliphatic carboxylic acids is 1. The number of carboxylic acid groups (broad SMARTS) is 1. The minimum atomic E-state index is -1.04. The number of unbranched alkanes of at least 4 members (excludes halogenated alkanes) is 10. The molecule has 20 nitrogen and oxygen atoms in total. The highest BCUT2D eigenvalue weighted by molar-refractivity contribution is 7.08. The SMILES string of the molecule is CCCCCO[C@@H]1C[C@H](c2ccc3c(c2)Cc2ccccc2-3)C=C(C(=O)NCc2ccccc2)O1.CCCCCO[C@@H]1C[C@H](c2ccc3c(c2)Cc2ccccc2-3)C=C(C(=O)Nc2ccccc2)O1.CCCCCO[C@@H]1C[C@H](c2ccc3c(c2)Cc2ccccc2-3)C=C(C(=O)O)O1.CCCCCO[C@@H]1C[C@H](c2ccccc2)C=C(C(=O)Nc2ccccc2)O1.CCCCCO[C@@H]1C[C@H](c2ccsc2)C=C(C(=O)Nc2ccccc2)O1. The Morgan fingerprint density at radius 1 is 0.287 bits per heavy atom. The van der Waals surface area contributed by atoms with Crippen LogP contribution in [0.25, 0.3) is 33.4 Å². The van der Waals surface area contributed by atoms with Crippen molar-refractivity contribution in [3.63, 3.8) is 0 Å². The van der Waals surface area contributed by atoms with Crippen LogP contribution >= 0.6 is 11.3 Å². The standard InChI is InChI=1S/C31H33NO3.C30H31NO3.C24H26O4.C23H27NO3.C21H25NO3S/c1-2-3-9-16-34-30-20-25(19-29(35-30)31(33)32-21-22-10-5-4-6-11-22)23-14-15-28-26(17-23)18-24-12-7-8-13-27(24)28;1-2-3-9-16-33-29-20-23(19-28(34-29)30(32)31-25-11-5-4-6-12-25)21-14-15-27-24(17-21)18-22-10-7-8-13-26(22)27;1-2-3-6-11-27-23-15-18(14-22(28-23)24(25)26)16-9-10-21-19(12-16)13-17-7-4-5-8-20(17)21;1-2-3-10-15-26-22-17-19(18-11-6-4-7-12-18)16-21(27-22)23(25)24-20-13-8-5-9-14-20;1-2-3-7-11-24-20-14-17(16-10-12-26-15-16)13-19(25-20)21(23)22-18-8-5-4-6-9-18/h4-8,10-15,17,19,25,30H,2-3,9,16,18,20-21H2,1H3,(H,32,33);4-8,10-15,17,19,23,29H,2-3,9,16,18,20H2,1H3,(H,31,32);4-5,7-10,12,14,18,23H,2-3,6,11,13,15H2,1H3,(H,25,26);4-9,11-14,16,19,22H,2-3,10,15,17H2,1H3,(H,24,25);4-6,8-10,12-13,15,17,20H,2-3,7,11,14H2,1H3,(H,22,23)/t25-,30+;23-,29+;18-,23+;19-,22+;17-,20+/m11111/s1. The quantitative estimate of drug-likeness (QED) is 0.0224. The van der Waals surface area contributed by atoms with E-state index in [2.05, 4.69) is 212 Å². The van der Waals surface area contributed by atoms with E-state index in [1.54, 1.807) is 17.4 Å². The van der Waals surface area contributed by atoms with Crippen LogP contribution in [0.3, 0.4) is 0 Å². The molecule has 6 heterocycles. The predicted molar refractivity (Wildman–Crippen MR) is 595 cm³/mol.